The number of carboxylic acids is 1. The lowest BCUT2D eigenvalue weighted by Gasteiger charge is -2.33. The number of rotatable bonds is 12. The lowest BCUT2D eigenvalue weighted by Crippen LogP contribution is -2.35. The lowest BCUT2D eigenvalue weighted by molar-refractivity contribution is -0.139. The highest BCUT2D eigenvalue weighted by molar-refractivity contribution is 7.99. The number of carbonyl (C=O) groups is 2. The molecule has 0 bridgehead atoms. The van der Waals surface area contributed by atoms with Crippen LogP contribution in [0.1, 0.15) is 34.7 Å². The Morgan fingerprint density at radius 3 is 2.10 bits per heavy atom. The number of carboxylic acid groups (broad SMARTS) is 1. The summed E-state index contributed by atoms with van der Waals surface area (Å²) in [7, 11) is 0. The van der Waals surface area contributed by atoms with E-state index in [2.05, 4.69) is 0 Å². The van der Waals surface area contributed by atoms with Gasteiger partial charge in [-0.25, -0.2) is 13.6 Å². The molecular weight excluding hydrogens is 532 g/mol. The van der Waals surface area contributed by atoms with Crippen molar-refractivity contribution >= 4 is 23.6 Å². The predicted octanol–water partition coefficient (Wildman–Crippen LogP) is 7.04. The third-order valence-electron chi connectivity index (χ3n) is 6.28. The lowest BCUT2D eigenvalue weighted by atomic mass is 9.96. The van der Waals surface area contributed by atoms with Crippen molar-refractivity contribution in [2.75, 3.05) is 12.4 Å². The Hall–Kier alpha value is -4.17. The van der Waals surface area contributed by atoms with Crippen LogP contribution in [0.3, 0.4) is 0 Å². The van der Waals surface area contributed by atoms with Gasteiger partial charge in [-0.2, -0.15) is 0 Å². The van der Waals surface area contributed by atoms with E-state index in [9.17, 15) is 18.4 Å². The molecule has 0 aliphatic heterocycles. The van der Waals surface area contributed by atoms with Crippen molar-refractivity contribution in [3.63, 3.8) is 0 Å². The maximum Gasteiger partial charge on any atom is 0.341 e. The van der Waals surface area contributed by atoms with Gasteiger partial charge in [0.15, 0.2) is 18.2 Å². The van der Waals surface area contributed by atoms with Gasteiger partial charge in [0.25, 0.3) is 0 Å². The van der Waals surface area contributed by atoms with Crippen molar-refractivity contribution in [2.45, 2.75) is 30.8 Å². The molecule has 0 fully saturated rings. The average Bonchev–Trinajstić information content (AvgIpc) is 2.95. The second-order valence-corrected chi connectivity index (χ2v) is 10.4. The highest BCUT2D eigenvalue weighted by atomic mass is 32.2. The van der Waals surface area contributed by atoms with Gasteiger partial charge < -0.3 is 14.7 Å². The van der Waals surface area contributed by atoms with Gasteiger partial charge in [0, 0.05) is 23.6 Å². The van der Waals surface area contributed by atoms with Crippen molar-refractivity contribution in [3.05, 3.63) is 131 Å². The van der Waals surface area contributed by atoms with E-state index in [1.165, 1.54) is 17.8 Å². The third-order valence-corrected chi connectivity index (χ3v) is 7.28. The first-order valence-corrected chi connectivity index (χ1v) is 13.7. The number of nitrogens with zero attached hydrogens (tertiary/aromatic N) is 1. The number of halogens is 2. The van der Waals surface area contributed by atoms with Crippen LogP contribution < -0.4 is 4.74 Å². The van der Waals surface area contributed by atoms with Crippen LogP contribution in [0, 0.1) is 18.6 Å². The number of carbonyl (C=O) groups excluding carboxylic acids is 1. The van der Waals surface area contributed by atoms with E-state index >= 15 is 0 Å². The molecular formula is C32H29F2NO4S. The number of aliphatic carboxylic acids is 1. The molecule has 0 aliphatic carbocycles. The molecule has 1 amide bonds. The van der Waals surface area contributed by atoms with Gasteiger partial charge in [0.1, 0.15) is 5.75 Å². The van der Waals surface area contributed by atoms with Crippen LogP contribution >= 0.6 is 11.8 Å². The summed E-state index contributed by atoms with van der Waals surface area (Å²) >= 11 is 1.50. The number of ether oxygens (including phenoxy) is 1. The molecule has 0 saturated carbocycles. The van der Waals surface area contributed by atoms with Crippen molar-refractivity contribution in [1.29, 1.82) is 0 Å². The molecule has 40 heavy (non-hydrogen) atoms. The van der Waals surface area contributed by atoms with Gasteiger partial charge in [-0.3, -0.25) is 4.79 Å². The molecule has 0 radical (unpaired) electrons. The highest BCUT2D eigenvalue weighted by Crippen LogP contribution is 2.32. The van der Waals surface area contributed by atoms with E-state index in [0.717, 1.165) is 33.7 Å². The summed E-state index contributed by atoms with van der Waals surface area (Å²) in [4.78, 5) is 27.2. The van der Waals surface area contributed by atoms with E-state index in [-0.39, 0.29) is 18.9 Å². The number of hydrogen-bond acceptors (Lipinski definition) is 4. The van der Waals surface area contributed by atoms with E-state index < -0.39 is 30.3 Å². The van der Waals surface area contributed by atoms with Crippen molar-refractivity contribution in [2.24, 2.45) is 0 Å². The second-order valence-electron chi connectivity index (χ2n) is 9.20. The van der Waals surface area contributed by atoms with E-state index in [0.29, 0.717) is 17.1 Å². The molecule has 0 atom stereocenters. The summed E-state index contributed by atoms with van der Waals surface area (Å²) in [5.74, 6) is -2.09. The van der Waals surface area contributed by atoms with Gasteiger partial charge in [-0.05, 0) is 59.5 Å². The molecule has 4 aromatic carbocycles. The maximum atomic E-state index is 14.1. The molecule has 0 saturated heterocycles. The molecule has 8 heteroatoms. The summed E-state index contributed by atoms with van der Waals surface area (Å²) < 4.78 is 33.0. The Kier molecular flexibility index (Phi) is 9.91. The second kappa shape index (κ2) is 13.8. The zero-order valence-electron chi connectivity index (χ0n) is 21.9. The fraction of sp³-hybridized carbons (Fsp3) is 0.188. The Bertz CT molecular complexity index is 1410. The van der Waals surface area contributed by atoms with Crippen LogP contribution in [0.5, 0.6) is 5.75 Å². The number of aryl methyl sites for hydroxylation is 1. The first-order chi connectivity index (χ1) is 19.3. The van der Waals surface area contributed by atoms with Crippen molar-refractivity contribution in [3.8, 4) is 5.75 Å². The van der Waals surface area contributed by atoms with Crippen LogP contribution in [-0.4, -0.2) is 34.2 Å². The number of hydrogen-bond donors (Lipinski definition) is 1. The molecule has 0 heterocycles. The minimum Gasteiger partial charge on any atom is -0.482 e. The third kappa shape index (κ3) is 7.70. The normalized spacial score (nSPS) is 10.9. The topological polar surface area (TPSA) is 66.8 Å². The van der Waals surface area contributed by atoms with Crippen molar-refractivity contribution < 1.29 is 28.2 Å². The summed E-state index contributed by atoms with van der Waals surface area (Å²) in [6.07, 6.45) is 0.209. The molecule has 5 nitrogen and oxygen atoms in total. The van der Waals surface area contributed by atoms with Gasteiger partial charge in [-0.1, -0.05) is 66.7 Å². The Balaban J connectivity index is 1.56. The number of thioether (sulfide) groups is 1. The van der Waals surface area contributed by atoms with Crippen LogP contribution in [0.4, 0.5) is 8.78 Å². The van der Waals surface area contributed by atoms with Gasteiger partial charge >= 0.3 is 5.97 Å². The Morgan fingerprint density at radius 1 is 0.875 bits per heavy atom. The Labute approximate surface area is 236 Å². The first kappa shape index (κ1) is 28.8. The minimum atomic E-state index is -1.05. The van der Waals surface area contributed by atoms with Crippen molar-refractivity contribution in [1.82, 2.24) is 4.90 Å². The molecule has 0 aliphatic rings. The molecule has 206 valence electrons. The van der Waals surface area contributed by atoms with E-state index in [1.54, 1.807) is 11.0 Å². The van der Waals surface area contributed by atoms with Crippen LogP contribution in [-0.2, 0) is 16.1 Å². The molecule has 1 N–H and O–H groups in total. The quantitative estimate of drug-likeness (QED) is 0.188. The molecule has 4 aromatic rings. The van der Waals surface area contributed by atoms with Gasteiger partial charge in [0.05, 0.1) is 6.04 Å². The first-order valence-electron chi connectivity index (χ1n) is 12.7. The zero-order valence-corrected chi connectivity index (χ0v) is 22.7. The van der Waals surface area contributed by atoms with E-state index in [1.807, 2.05) is 79.7 Å². The van der Waals surface area contributed by atoms with Crippen LogP contribution in [0.25, 0.3) is 0 Å². The smallest absolute Gasteiger partial charge is 0.341 e. The molecule has 0 spiro atoms. The largest absolute Gasteiger partial charge is 0.482 e. The fourth-order valence-electron chi connectivity index (χ4n) is 4.39. The van der Waals surface area contributed by atoms with Crippen LogP contribution in [0.15, 0.2) is 102 Å². The molecule has 4 rings (SSSR count). The zero-order chi connectivity index (χ0) is 28.5. The molecule has 0 aromatic heterocycles. The predicted molar refractivity (Wildman–Crippen MR) is 151 cm³/mol. The Morgan fingerprint density at radius 2 is 1.52 bits per heavy atom. The fourth-order valence-corrected chi connectivity index (χ4v) is 5.33. The standard InChI is InChI=1S/C32H29F2NO4S/c1-22-18-26(13-15-29(22)39-21-31(37)38)40-17-16-30(36)35(20-23-12-14-27(33)28(34)19-23)32(24-8-4-2-5-9-24)25-10-6-3-7-11-25/h2-15,18-19,32H,16-17,20-21H2,1H3,(H,37,38). The summed E-state index contributed by atoms with van der Waals surface area (Å²) in [6, 6.07) is 28.0. The monoisotopic (exact) mass is 561 g/mol. The summed E-state index contributed by atoms with van der Waals surface area (Å²) in [5, 5.41) is 8.84. The van der Waals surface area contributed by atoms with E-state index in [4.69, 9.17) is 9.84 Å². The molecule has 0 unspecified atom stereocenters. The number of amides is 1. The minimum absolute atomic E-state index is 0.101. The van der Waals surface area contributed by atoms with Crippen LogP contribution in [0.2, 0.25) is 0 Å². The van der Waals surface area contributed by atoms with Gasteiger partial charge in [0.2, 0.25) is 5.91 Å². The maximum absolute atomic E-state index is 14.1. The number of benzene rings is 4. The highest BCUT2D eigenvalue weighted by Gasteiger charge is 2.27. The average molecular weight is 562 g/mol. The van der Waals surface area contributed by atoms with Gasteiger partial charge in [-0.15, -0.1) is 11.8 Å². The summed E-state index contributed by atoms with van der Waals surface area (Å²) in [5.41, 5.74) is 3.10. The summed E-state index contributed by atoms with van der Waals surface area (Å²) in [6.45, 7) is 1.52. The SMILES string of the molecule is Cc1cc(SCCC(=O)N(Cc2ccc(F)c(F)c2)C(c2ccccc2)c2ccccc2)ccc1OCC(=O)O.